The molecule has 0 radical (unpaired) electrons. The number of nitro benzene ring substituents is 1. The van der Waals surface area contributed by atoms with Crippen molar-refractivity contribution in [1.82, 2.24) is 15.2 Å². The lowest BCUT2D eigenvalue weighted by atomic mass is 9.79. The molecule has 0 bridgehead atoms. The molecule has 3 N–H and O–H groups in total. The van der Waals surface area contributed by atoms with Crippen molar-refractivity contribution in [2.45, 2.75) is 64.2 Å². The second-order valence-electron chi connectivity index (χ2n) is 12.1. The highest BCUT2D eigenvalue weighted by Gasteiger charge is 2.60. The first kappa shape index (κ1) is 32.9. The number of nitrogens with zero attached hydrogens (tertiary/aromatic N) is 4. The zero-order valence-electron chi connectivity index (χ0n) is 25.4. The smallest absolute Gasteiger partial charge is 0.356 e. The minimum absolute atomic E-state index is 0.0713. The summed E-state index contributed by atoms with van der Waals surface area (Å²) in [6, 6.07) is 5.01. The highest BCUT2D eigenvalue weighted by molar-refractivity contribution is 8.03. The number of aliphatic hydroxyl groups excluding tert-OH is 2. The van der Waals surface area contributed by atoms with Gasteiger partial charge in [-0.15, -0.1) is 23.1 Å². The Kier molecular flexibility index (Phi) is 9.82. The molecule has 0 spiro atoms. The summed E-state index contributed by atoms with van der Waals surface area (Å²) in [5, 5.41) is 36.2. The number of fused-ring (bicyclic) bond motifs is 1. The summed E-state index contributed by atoms with van der Waals surface area (Å²) in [7, 11) is 0. The van der Waals surface area contributed by atoms with E-state index < -0.39 is 22.9 Å². The van der Waals surface area contributed by atoms with Crippen molar-refractivity contribution < 1.29 is 34.3 Å². The summed E-state index contributed by atoms with van der Waals surface area (Å²) < 4.78 is 5.58. The van der Waals surface area contributed by atoms with Gasteiger partial charge in [0.2, 0.25) is 5.91 Å². The number of nitrogens with one attached hydrogen (secondary N) is 1. The highest BCUT2D eigenvalue weighted by Crippen LogP contribution is 2.52. The van der Waals surface area contributed by atoms with E-state index in [2.05, 4.69) is 10.3 Å². The Morgan fingerprint density at radius 3 is 2.53 bits per heavy atom. The molecule has 45 heavy (non-hydrogen) atoms. The quantitative estimate of drug-likeness (QED) is 0.125. The van der Waals surface area contributed by atoms with Crippen LogP contribution in [0.3, 0.4) is 0 Å². The summed E-state index contributed by atoms with van der Waals surface area (Å²) in [5.41, 5.74) is 0.984. The van der Waals surface area contributed by atoms with Crippen molar-refractivity contribution in [1.29, 1.82) is 0 Å². The monoisotopic (exact) mass is 659 g/mol. The molecular weight excluding hydrogens is 622 g/mol. The SMILES string of the molecule is CC(C)C[C@@H](CO)NC(=O)c1csc(N2CC(SC3=C(C(=O)OCc4ccc([N+](=O)[O-])cc4)N4C(=O)[C@H]([C@@H](C)O)[C@H]4[C@H]3C)C2)n1. The lowest BCUT2D eigenvalue weighted by molar-refractivity contribution is -0.384. The van der Waals surface area contributed by atoms with Crippen molar-refractivity contribution >= 4 is 51.7 Å². The number of aromatic nitrogens is 1. The van der Waals surface area contributed by atoms with E-state index in [1.54, 1.807) is 12.3 Å². The number of nitro groups is 1. The van der Waals surface area contributed by atoms with Crippen LogP contribution < -0.4 is 10.2 Å². The normalized spacial score (nSPS) is 22.6. The number of esters is 1. The van der Waals surface area contributed by atoms with E-state index in [9.17, 15) is 34.7 Å². The van der Waals surface area contributed by atoms with Crippen LogP contribution in [0.25, 0.3) is 0 Å². The maximum atomic E-state index is 13.4. The molecule has 1 aromatic heterocycles. The standard InChI is InChI=1S/C30H37N5O8S2/c1-15(2)9-19(12-36)31-27(38)22-14-44-30(32-22)33-10-21(11-33)45-26-16(3)24-23(17(4)37)28(39)34(24)25(26)29(40)43-13-18-5-7-20(8-6-18)35(41)42/h5-8,14-17,19,21,23-24,36-37H,9-13H2,1-4H3,(H,31,38)/t16-,17-,19+,23-,24-/m1/s1. The molecule has 242 valence electrons. The van der Waals surface area contributed by atoms with Gasteiger partial charge in [-0.05, 0) is 37.0 Å². The van der Waals surface area contributed by atoms with Crippen LogP contribution in [0.1, 0.15) is 50.2 Å². The van der Waals surface area contributed by atoms with Gasteiger partial charge in [-0.1, -0.05) is 20.8 Å². The number of hydrogen-bond acceptors (Lipinski definition) is 12. The van der Waals surface area contributed by atoms with Crippen LogP contribution in [0.2, 0.25) is 0 Å². The van der Waals surface area contributed by atoms with E-state index in [-0.39, 0.29) is 59.7 Å². The number of β-lactam (4-membered cyclic amide) rings is 1. The van der Waals surface area contributed by atoms with Gasteiger partial charge in [-0.25, -0.2) is 9.78 Å². The molecule has 5 atom stereocenters. The largest absolute Gasteiger partial charge is 0.456 e. The molecule has 2 saturated heterocycles. The molecule has 0 unspecified atom stereocenters. The fraction of sp³-hybridized carbons (Fsp3) is 0.533. The molecular formula is C30H37N5O8S2. The summed E-state index contributed by atoms with van der Waals surface area (Å²) in [4.78, 5) is 58.3. The van der Waals surface area contributed by atoms with Crippen molar-refractivity contribution in [2.75, 3.05) is 24.6 Å². The minimum atomic E-state index is -0.864. The minimum Gasteiger partial charge on any atom is -0.456 e. The van der Waals surface area contributed by atoms with E-state index in [1.165, 1.54) is 52.3 Å². The van der Waals surface area contributed by atoms with Gasteiger partial charge in [0, 0.05) is 46.7 Å². The van der Waals surface area contributed by atoms with E-state index in [4.69, 9.17) is 4.74 Å². The van der Waals surface area contributed by atoms with E-state index in [1.807, 2.05) is 25.7 Å². The predicted octanol–water partition coefficient (Wildman–Crippen LogP) is 2.92. The molecule has 15 heteroatoms. The summed E-state index contributed by atoms with van der Waals surface area (Å²) >= 11 is 2.87. The Hall–Kier alpha value is -3.53. The first-order valence-corrected chi connectivity index (χ1v) is 16.6. The maximum absolute atomic E-state index is 13.4. The van der Waals surface area contributed by atoms with Gasteiger partial charge in [0.15, 0.2) is 5.13 Å². The van der Waals surface area contributed by atoms with Crippen LogP contribution >= 0.6 is 23.1 Å². The van der Waals surface area contributed by atoms with Gasteiger partial charge in [-0.3, -0.25) is 19.7 Å². The third-order valence-corrected chi connectivity index (χ3v) is 10.6. The molecule has 1 aromatic carbocycles. The van der Waals surface area contributed by atoms with Gasteiger partial charge in [0.1, 0.15) is 18.0 Å². The lowest BCUT2D eigenvalue weighted by Gasteiger charge is -2.46. The van der Waals surface area contributed by atoms with Gasteiger partial charge < -0.3 is 30.1 Å². The Balaban J connectivity index is 1.25. The molecule has 2 amide bonds. The second kappa shape index (κ2) is 13.4. The number of carbonyl (C=O) groups excluding carboxylic acids is 3. The van der Waals surface area contributed by atoms with Gasteiger partial charge in [0.25, 0.3) is 11.6 Å². The number of ether oxygens (including phenoxy) is 1. The summed E-state index contributed by atoms with van der Waals surface area (Å²) in [6.45, 7) is 8.54. The van der Waals surface area contributed by atoms with E-state index in [0.717, 1.165) is 4.91 Å². The topological polar surface area (TPSA) is 175 Å². The maximum Gasteiger partial charge on any atom is 0.356 e. The summed E-state index contributed by atoms with van der Waals surface area (Å²) in [6.07, 6.45) is -0.205. The van der Waals surface area contributed by atoms with Crippen molar-refractivity contribution in [3.05, 3.63) is 61.6 Å². The number of non-ortho nitro benzene ring substituents is 1. The molecule has 0 aliphatic carbocycles. The average molecular weight is 660 g/mol. The third kappa shape index (κ3) is 6.71. The first-order valence-electron chi connectivity index (χ1n) is 14.8. The van der Waals surface area contributed by atoms with E-state index >= 15 is 0 Å². The van der Waals surface area contributed by atoms with E-state index in [0.29, 0.717) is 41.8 Å². The zero-order chi connectivity index (χ0) is 32.6. The lowest BCUT2D eigenvalue weighted by Crippen LogP contribution is -2.63. The molecule has 5 rings (SSSR count). The van der Waals surface area contributed by atoms with Crippen LogP contribution in [0, 0.1) is 27.9 Å². The number of thioether (sulfide) groups is 1. The first-order chi connectivity index (χ1) is 21.4. The second-order valence-corrected chi connectivity index (χ2v) is 14.3. The number of aliphatic hydroxyl groups is 2. The predicted molar refractivity (Wildman–Crippen MR) is 168 cm³/mol. The van der Waals surface area contributed by atoms with Crippen LogP contribution in [-0.4, -0.2) is 85.9 Å². The number of carbonyl (C=O) groups is 3. The molecule has 4 heterocycles. The Bertz CT molecular complexity index is 1490. The van der Waals surface area contributed by atoms with Gasteiger partial charge in [0.05, 0.1) is 35.6 Å². The number of benzene rings is 1. The number of rotatable bonds is 13. The van der Waals surface area contributed by atoms with Gasteiger partial charge >= 0.3 is 5.97 Å². The number of anilines is 1. The highest BCUT2D eigenvalue weighted by atomic mass is 32.2. The average Bonchev–Trinajstić information content (AvgIpc) is 3.54. The third-order valence-electron chi connectivity index (χ3n) is 8.27. The molecule has 2 fully saturated rings. The Labute approximate surface area is 268 Å². The van der Waals surface area contributed by atoms with Crippen LogP contribution in [-0.2, 0) is 20.9 Å². The zero-order valence-corrected chi connectivity index (χ0v) is 27.0. The fourth-order valence-electron chi connectivity index (χ4n) is 5.97. The number of amides is 2. The number of hydrogen-bond donors (Lipinski definition) is 3. The summed E-state index contributed by atoms with van der Waals surface area (Å²) in [5.74, 6) is -1.79. The fourth-order valence-corrected chi connectivity index (χ4v) is 8.31. The van der Waals surface area contributed by atoms with Crippen LogP contribution in [0.5, 0.6) is 0 Å². The van der Waals surface area contributed by atoms with Crippen molar-refractivity contribution in [3.8, 4) is 0 Å². The van der Waals surface area contributed by atoms with Gasteiger partial charge in [-0.2, -0.15) is 0 Å². The Morgan fingerprint density at radius 1 is 1.24 bits per heavy atom. The molecule has 3 aliphatic heterocycles. The van der Waals surface area contributed by atoms with Crippen molar-refractivity contribution in [3.63, 3.8) is 0 Å². The van der Waals surface area contributed by atoms with Crippen molar-refractivity contribution in [2.24, 2.45) is 17.8 Å². The molecule has 0 saturated carbocycles. The molecule has 13 nitrogen and oxygen atoms in total. The van der Waals surface area contributed by atoms with Crippen LogP contribution in [0.4, 0.5) is 10.8 Å². The molecule has 3 aliphatic rings. The number of thiazole rings is 1. The molecule has 2 aromatic rings. The van der Waals surface area contributed by atoms with Crippen LogP contribution in [0.15, 0.2) is 40.2 Å². The Morgan fingerprint density at radius 2 is 1.93 bits per heavy atom.